The summed E-state index contributed by atoms with van der Waals surface area (Å²) in [4.78, 5) is 14.4. The van der Waals surface area contributed by atoms with Gasteiger partial charge < -0.3 is 4.90 Å². The molecule has 5 heteroatoms. The lowest BCUT2D eigenvalue weighted by Gasteiger charge is -2.40. The van der Waals surface area contributed by atoms with Crippen LogP contribution in [-0.2, 0) is 0 Å². The SMILES string of the molecule is c1cc(N2CCC(N3CCSCC3)CC2)nc(C2CC2)n1. The van der Waals surface area contributed by atoms with Crippen molar-refractivity contribution in [2.45, 2.75) is 37.6 Å². The Morgan fingerprint density at radius 3 is 2.48 bits per heavy atom. The number of piperidine rings is 1. The first kappa shape index (κ1) is 13.8. The van der Waals surface area contributed by atoms with Gasteiger partial charge in [-0.25, -0.2) is 9.97 Å². The molecule has 114 valence electrons. The van der Waals surface area contributed by atoms with Crippen molar-refractivity contribution in [1.29, 1.82) is 0 Å². The first-order valence-corrected chi connectivity index (χ1v) is 9.45. The van der Waals surface area contributed by atoms with Crippen molar-refractivity contribution in [1.82, 2.24) is 14.9 Å². The van der Waals surface area contributed by atoms with Crippen LogP contribution in [0, 0.1) is 0 Å². The van der Waals surface area contributed by atoms with Gasteiger partial charge in [-0.2, -0.15) is 11.8 Å². The van der Waals surface area contributed by atoms with Gasteiger partial charge in [-0.1, -0.05) is 0 Å². The smallest absolute Gasteiger partial charge is 0.133 e. The van der Waals surface area contributed by atoms with Gasteiger partial charge in [0.05, 0.1) is 0 Å². The highest BCUT2D eigenvalue weighted by atomic mass is 32.2. The Hall–Kier alpha value is -0.810. The number of hydrogen-bond acceptors (Lipinski definition) is 5. The van der Waals surface area contributed by atoms with Gasteiger partial charge in [0, 0.05) is 55.8 Å². The highest BCUT2D eigenvalue weighted by Gasteiger charge is 2.29. The van der Waals surface area contributed by atoms with E-state index in [9.17, 15) is 0 Å². The van der Waals surface area contributed by atoms with Gasteiger partial charge in [0.2, 0.25) is 0 Å². The molecule has 3 aliphatic rings. The minimum Gasteiger partial charge on any atom is -0.356 e. The predicted octanol–water partition coefficient (Wildman–Crippen LogP) is 2.37. The lowest BCUT2D eigenvalue weighted by atomic mass is 10.0. The Morgan fingerprint density at radius 1 is 1.00 bits per heavy atom. The monoisotopic (exact) mass is 304 g/mol. The fraction of sp³-hybridized carbons (Fsp3) is 0.750. The zero-order chi connectivity index (χ0) is 14.1. The molecule has 3 fully saturated rings. The van der Waals surface area contributed by atoms with Gasteiger partial charge >= 0.3 is 0 Å². The summed E-state index contributed by atoms with van der Waals surface area (Å²) < 4.78 is 0. The van der Waals surface area contributed by atoms with Gasteiger partial charge in [-0.05, 0) is 31.7 Å². The molecule has 0 aromatic carbocycles. The highest BCUT2D eigenvalue weighted by Crippen LogP contribution is 2.38. The van der Waals surface area contributed by atoms with E-state index >= 15 is 0 Å². The van der Waals surface area contributed by atoms with Crippen molar-refractivity contribution < 1.29 is 0 Å². The lowest BCUT2D eigenvalue weighted by molar-refractivity contribution is 0.185. The standard InChI is InChI=1S/C16H24N4S/c1-2-13(1)16-17-6-3-15(18-16)20-7-4-14(5-8-20)19-9-11-21-12-10-19/h3,6,13-14H,1-2,4-5,7-12H2. The molecule has 0 radical (unpaired) electrons. The van der Waals surface area contributed by atoms with Crippen LogP contribution in [0.4, 0.5) is 5.82 Å². The van der Waals surface area contributed by atoms with Gasteiger partial charge in [0.25, 0.3) is 0 Å². The molecule has 3 heterocycles. The van der Waals surface area contributed by atoms with E-state index in [1.807, 2.05) is 6.20 Å². The molecule has 1 saturated carbocycles. The van der Waals surface area contributed by atoms with Crippen LogP contribution >= 0.6 is 11.8 Å². The average molecular weight is 304 g/mol. The van der Waals surface area contributed by atoms with E-state index in [0.29, 0.717) is 5.92 Å². The van der Waals surface area contributed by atoms with Gasteiger partial charge in [-0.15, -0.1) is 0 Å². The molecule has 0 spiro atoms. The molecule has 2 aliphatic heterocycles. The van der Waals surface area contributed by atoms with Crippen molar-refractivity contribution in [2.75, 3.05) is 42.6 Å². The number of aromatic nitrogens is 2. The van der Waals surface area contributed by atoms with Gasteiger partial charge in [-0.3, -0.25) is 4.90 Å². The quantitative estimate of drug-likeness (QED) is 0.856. The largest absolute Gasteiger partial charge is 0.356 e. The Labute approximate surface area is 131 Å². The van der Waals surface area contributed by atoms with Crippen LogP contribution < -0.4 is 4.90 Å². The maximum absolute atomic E-state index is 4.79. The van der Waals surface area contributed by atoms with Crippen LogP contribution in [0.25, 0.3) is 0 Å². The van der Waals surface area contributed by atoms with E-state index in [1.54, 1.807) is 0 Å². The second-order valence-electron chi connectivity index (χ2n) is 6.41. The second kappa shape index (κ2) is 6.13. The Morgan fingerprint density at radius 2 is 1.76 bits per heavy atom. The molecule has 1 aromatic rings. The van der Waals surface area contributed by atoms with Gasteiger partial charge in [0.15, 0.2) is 0 Å². The van der Waals surface area contributed by atoms with E-state index in [2.05, 4.69) is 32.6 Å². The van der Waals surface area contributed by atoms with E-state index in [-0.39, 0.29) is 0 Å². The molecule has 1 aromatic heterocycles. The fourth-order valence-electron chi connectivity index (χ4n) is 3.48. The minimum absolute atomic E-state index is 0.647. The summed E-state index contributed by atoms with van der Waals surface area (Å²) in [6, 6.07) is 2.89. The summed E-state index contributed by atoms with van der Waals surface area (Å²) in [7, 11) is 0. The van der Waals surface area contributed by atoms with Crippen LogP contribution in [0.15, 0.2) is 12.3 Å². The summed E-state index contributed by atoms with van der Waals surface area (Å²) in [5, 5.41) is 0. The first-order valence-electron chi connectivity index (χ1n) is 8.30. The maximum Gasteiger partial charge on any atom is 0.133 e. The number of thioether (sulfide) groups is 1. The molecule has 0 amide bonds. The first-order chi connectivity index (χ1) is 10.4. The van der Waals surface area contributed by atoms with Crippen LogP contribution in [0.3, 0.4) is 0 Å². The Bertz CT molecular complexity index is 477. The zero-order valence-corrected chi connectivity index (χ0v) is 13.4. The van der Waals surface area contributed by atoms with Crippen LogP contribution in [0.5, 0.6) is 0 Å². The van der Waals surface area contributed by atoms with Crippen molar-refractivity contribution in [2.24, 2.45) is 0 Å². The number of anilines is 1. The fourth-order valence-corrected chi connectivity index (χ4v) is 4.41. The third-order valence-electron chi connectivity index (χ3n) is 4.95. The van der Waals surface area contributed by atoms with Crippen LogP contribution in [0.2, 0.25) is 0 Å². The summed E-state index contributed by atoms with van der Waals surface area (Å²) in [6.45, 7) is 4.87. The third kappa shape index (κ3) is 3.19. The summed E-state index contributed by atoms with van der Waals surface area (Å²) in [6.07, 6.45) is 7.07. The van der Waals surface area contributed by atoms with Gasteiger partial charge in [0.1, 0.15) is 11.6 Å². The molecule has 0 unspecified atom stereocenters. The zero-order valence-electron chi connectivity index (χ0n) is 12.6. The molecule has 21 heavy (non-hydrogen) atoms. The molecule has 4 nitrogen and oxygen atoms in total. The summed E-state index contributed by atoms with van der Waals surface area (Å²) in [5.74, 6) is 5.50. The maximum atomic E-state index is 4.79. The van der Waals surface area contributed by atoms with E-state index in [4.69, 9.17) is 4.98 Å². The Balaban J connectivity index is 1.37. The van der Waals surface area contributed by atoms with E-state index in [0.717, 1.165) is 30.8 Å². The molecule has 0 bridgehead atoms. The Kier molecular flexibility index (Phi) is 4.03. The summed E-state index contributed by atoms with van der Waals surface area (Å²) in [5.41, 5.74) is 0. The summed E-state index contributed by atoms with van der Waals surface area (Å²) >= 11 is 2.10. The molecular weight excluding hydrogens is 280 g/mol. The third-order valence-corrected chi connectivity index (χ3v) is 5.90. The normalized spacial score (nSPS) is 25.2. The van der Waals surface area contributed by atoms with E-state index < -0.39 is 0 Å². The molecular formula is C16H24N4S. The molecule has 2 saturated heterocycles. The average Bonchev–Trinajstić information content (AvgIpc) is 3.41. The molecule has 4 rings (SSSR count). The number of hydrogen-bond donors (Lipinski definition) is 0. The predicted molar refractivity (Wildman–Crippen MR) is 88.1 cm³/mol. The molecule has 0 atom stereocenters. The molecule has 0 N–H and O–H groups in total. The number of rotatable bonds is 3. The van der Waals surface area contributed by atoms with Crippen molar-refractivity contribution in [3.05, 3.63) is 18.1 Å². The topological polar surface area (TPSA) is 32.3 Å². The van der Waals surface area contributed by atoms with E-state index in [1.165, 1.54) is 50.3 Å². The number of nitrogens with zero attached hydrogens (tertiary/aromatic N) is 4. The van der Waals surface area contributed by atoms with Crippen LogP contribution in [-0.4, -0.2) is 58.6 Å². The highest BCUT2D eigenvalue weighted by molar-refractivity contribution is 7.99. The second-order valence-corrected chi connectivity index (χ2v) is 7.64. The van der Waals surface area contributed by atoms with Crippen molar-refractivity contribution in [3.8, 4) is 0 Å². The van der Waals surface area contributed by atoms with Crippen LogP contribution in [0.1, 0.15) is 37.4 Å². The van der Waals surface area contributed by atoms with Crippen molar-refractivity contribution >= 4 is 17.6 Å². The molecule has 1 aliphatic carbocycles. The minimum atomic E-state index is 0.647. The van der Waals surface area contributed by atoms with Crippen molar-refractivity contribution in [3.63, 3.8) is 0 Å². The lowest BCUT2D eigenvalue weighted by Crippen LogP contribution is -2.48.